The summed E-state index contributed by atoms with van der Waals surface area (Å²) >= 11 is 0. The van der Waals surface area contributed by atoms with E-state index in [0.717, 1.165) is 25.7 Å². The normalized spacial score (nSPS) is 12.5. The molecule has 0 aliphatic heterocycles. The first kappa shape index (κ1) is 13.0. The molecular formula is C13H20FNO. The lowest BCUT2D eigenvalue weighted by Gasteiger charge is -2.13. The number of ether oxygens (including phenoxy) is 1. The Kier molecular flexibility index (Phi) is 5.26. The van der Waals surface area contributed by atoms with Crippen molar-refractivity contribution in [1.82, 2.24) is 0 Å². The average Bonchev–Trinajstić information content (AvgIpc) is 2.30. The van der Waals surface area contributed by atoms with Crippen LogP contribution in [-0.4, -0.2) is 7.11 Å². The van der Waals surface area contributed by atoms with Gasteiger partial charge in [-0.25, -0.2) is 4.39 Å². The zero-order valence-corrected chi connectivity index (χ0v) is 10.0. The third kappa shape index (κ3) is 3.49. The van der Waals surface area contributed by atoms with Gasteiger partial charge in [0.25, 0.3) is 0 Å². The summed E-state index contributed by atoms with van der Waals surface area (Å²) < 4.78 is 18.6. The fourth-order valence-electron chi connectivity index (χ4n) is 1.70. The molecule has 0 spiro atoms. The minimum absolute atomic E-state index is 0.235. The molecule has 1 atom stereocenters. The van der Waals surface area contributed by atoms with Gasteiger partial charge in [-0.1, -0.05) is 26.2 Å². The van der Waals surface area contributed by atoms with E-state index in [4.69, 9.17) is 10.5 Å². The quantitative estimate of drug-likeness (QED) is 0.753. The number of rotatable bonds is 6. The minimum Gasteiger partial charge on any atom is -0.497 e. The molecule has 0 unspecified atom stereocenters. The first-order chi connectivity index (χ1) is 7.69. The summed E-state index contributed by atoms with van der Waals surface area (Å²) in [5, 5.41) is 0. The van der Waals surface area contributed by atoms with Gasteiger partial charge in [-0.2, -0.15) is 0 Å². The van der Waals surface area contributed by atoms with Crippen molar-refractivity contribution >= 4 is 0 Å². The van der Waals surface area contributed by atoms with Crippen molar-refractivity contribution in [3.63, 3.8) is 0 Å². The molecule has 0 fully saturated rings. The maximum Gasteiger partial charge on any atom is 0.128 e. The summed E-state index contributed by atoms with van der Waals surface area (Å²) in [5.74, 6) is 0.409. The predicted octanol–water partition coefficient (Wildman–Crippen LogP) is 3.41. The molecule has 1 rings (SSSR count). The predicted molar refractivity (Wildman–Crippen MR) is 64.0 cm³/mol. The van der Waals surface area contributed by atoms with Gasteiger partial charge in [-0.3, -0.25) is 0 Å². The van der Waals surface area contributed by atoms with Crippen LogP contribution in [0.5, 0.6) is 5.75 Å². The molecule has 0 heterocycles. The van der Waals surface area contributed by atoms with Crippen LogP contribution in [0.25, 0.3) is 0 Å². The van der Waals surface area contributed by atoms with Crippen molar-refractivity contribution in [2.24, 2.45) is 5.73 Å². The largest absolute Gasteiger partial charge is 0.497 e. The van der Waals surface area contributed by atoms with Gasteiger partial charge in [0.1, 0.15) is 11.6 Å². The van der Waals surface area contributed by atoms with Gasteiger partial charge in [0.2, 0.25) is 0 Å². The topological polar surface area (TPSA) is 35.2 Å². The van der Waals surface area contributed by atoms with Gasteiger partial charge in [0.15, 0.2) is 0 Å². The van der Waals surface area contributed by atoms with Crippen molar-refractivity contribution < 1.29 is 9.13 Å². The van der Waals surface area contributed by atoms with Crippen molar-refractivity contribution in [2.45, 2.75) is 38.6 Å². The molecule has 2 N–H and O–H groups in total. The standard InChI is InChI=1S/C13H20FNO/c1-3-4-5-6-13(15)11-9-10(16-2)7-8-12(11)14/h7-9,13H,3-6,15H2,1-2H3/t13-/m1/s1. The number of unbranched alkanes of at least 4 members (excludes halogenated alkanes) is 2. The molecule has 0 saturated heterocycles. The van der Waals surface area contributed by atoms with Crippen LogP contribution in [0.4, 0.5) is 4.39 Å². The van der Waals surface area contributed by atoms with E-state index < -0.39 is 0 Å². The van der Waals surface area contributed by atoms with Gasteiger partial charge < -0.3 is 10.5 Å². The van der Waals surface area contributed by atoms with E-state index in [1.165, 1.54) is 6.07 Å². The molecule has 0 saturated carbocycles. The van der Waals surface area contributed by atoms with Gasteiger partial charge in [-0.15, -0.1) is 0 Å². The summed E-state index contributed by atoms with van der Waals surface area (Å²) in [6.45, 7) is 2.14. The molecule has 2 nitrogen and oxygen atoms in total. The average molecular weight is 225 g/mol. The van der Waals surface area contributed by atoms with E-state index >= 15 is 0 Å². The number of nitrogens with two attached hydrogens (primary N) is 1. The van der Waals surface area contributed by atoms with Crippen molar-refractivity contribution in [1.29, 1.82) is 0 Å². The molecular weight excluding hydrogens is 205 g/mol. The molecule has 1 aromatic rings. The zero-order valence-electron chi connectivity index (χ0n) is 10.0. The van der Waals surface area contributed by atoms with E-state index in [9.17, 15) is 4.39 Å². The van der Waals surface area contributed by atoms with Crippen molar-refractivity contribution in [3.05, 3.63) is 29.6 Å². The molecule has 16 heavy (non-hydrogen) atoms. The fraction of sp³-hybridized carbons (Fsp3) is 0.538. The van der Waals surface area contributed by atoms with Gasteiger partial charge in [-0.05, 0) is 24.6 Å². The van der Waals surface area contributed by atoms with Crippen LogP contribution in [0.2, 0.25) is 0 Å². The summed E-state index contributed by atoms with van der Waals surface area (Å²) in [6, 6.07) is 4.47. The second-order valence-electron chi connectivity index (χ2n) is 3.99. The molecule has 0 bridgehead atoms. The Bertz CT molecular complexity index is 328. The van der Waals surface area contributed by atoms with Crippen LogP contribution in [0.3, 0.4) is 0 Å². The van der Waals surface area contributed by atoms with E-state index in [0.29, 0.717) is 11.3 Å². The van der Waals surface area contributed by atoms with Crippen molar-refractivity contribution in [2.75, 3.05) is 7.11 Å². The van der Waals surface area contributed by atoms with Gasteiger partial charge >= 0.3 is 0 Å². The molecule has 0 aromatic heterocycles. The number of methoxy groups -OCH3 is 1. The number of benzene rings is 1. The van der Waals surface area contributed by atoms with Crippen LogP contribution < -0.4 is 10.5 Å². The molecule has 0 amide bonds. The van der Waals surface area contributed by atoms with E-state index in [2.05, 4.69) is 6.92 Å². The number of hydrogen-bond donors (Lipinski definition) is 1. The molecule has 90 valence electrons. The zero-order chi connectivity index (χ0) is 12.0. The van der Waals surface area contributed by atoms with Crippen LogP contribution >= 0.6 is 0 Å². The second kappa shape index (κ2) is 6.48. The summed E-state index contributed by atoms with van der Waals surface area (Å²) in [5.41, 5.74) is 6.52. The summed E-state index contributed by atoms with van der Waals surface area (Å²) in [4.78, 5) is 0. The number of halogens is 1. The van der Waals surface area contributed by atoms with E-state index in [1.807, 2.05) is 0 Å². The lowest BCUT2D eigenvalue weighted by atomic mass is 10.0. The minimum atomic E-state index is -0.246. The Morgan fingerprint density at radius 3 is 2.75 bits per heavy atom. The monoisotopic (exact) mass is 225 g/mol. The smallest absolute Gasteiger partial charge is 0.128 e. The second-order valence-corrected chi connectivity index (χ2v) is 3.99. The maximum atomic E-state index is 13.5. The molecule has 0 aliphatic carbocycles. The Hall–Kier alpha value is -1.09. The van der Waals surface area contributed by atoms with Crippen LogP contribution in [-0.2, 0) is 0 Å². The Morgan fingerprint density at radius 2 is 2.12 bits per heavy atom. The van der Waals surface area contributed by atoms with Crippen LogP contribution in [0.1, 0.15) is 44.2 Å². The molecule has 0 aliphatic rings. The Balaban J connectivity index is 2.69. The van der Waals surface area contributed by atoms with E-state index in [-0.39, 0.29) is 11.9 Å². The highest BCUT2D eigenvalue weighted by Gasteiger charge is 2.12. The van der Waals surface area contributed by atoms with Crippen molar-refractivity contribution in [3.8, 4) is 5.75 Å². The van der Waals surface area contributed by atoms with Gasteiger partial charge in [0.05, 0.1) is 7.11 Å². The van der Waals surface area contributed by atoms with Gasteiger partial charge in [0, 0.05) is 11.6 Å². The Labute approximate surface area is 96.6 Å². The highest BCUT2D eigenvalue weighted by atomic mass is 19.1. The Morgan fingerprint density at radius 1 is 1.38 bits per heavy atom. The SMILES string of the molecule is CCCCC[C@@H](N)c1cc(OC)ccc1F. The highest BCUT2D eigenvalue weighted by molar-refractivity contribution is 5.31. The third-order valence-electron chi connectivity index (χ3n) is 2.72. The molecule has 3 heteroatoms. The molecule has 1 aromatic carbocycles. The highest BCUT2D eigenvalue weighted by Crippen LogP contribution is 2.24. The molecule has 0 radical (unpaired) electrons. The van der Waals surface area contributed by atoms with Crippen LogP contribution in [0, 0.1) is 5.82 Å². The first-order valence-corrected chi connectivity index (χ1v) is 5.78. The summed E-state index contributed by atoms with van der Waals surface area (Å²) in [7, 11) is 1.57. The summed E-state index contributed by atoms with van der Waals surface area (Å²) in [6.07, 6.45) is 4.14. The lowest BCUT2D eigenvalue weighted by molar-refractivity contribution is 0.411. The maximum absolute atomic E-state index is 13.5. The fourth-order valence-corrected chi connectivity index (χ4v) is 1.70. The van der Waals surface area contributed by atoms with E-state index in [1.54, 1.807) is 19.2 Å². The van der Waals surface area contributed by atoms with Crippen LogP contribution in [0.15, 0.2) is 18.2 Å². The number of hydrogen-bond acceptors (Lipinski definition) is 2. The first-order valence-electron chi connectivity index (χ1n) is 5.78. The third-order valence-corrected chi connectivity index (χ3v) is 2.72. The lowest BCUT2D eigenvalue weighted by Crippen LogP contribution is -2.12.